The SMILES string of the molecule is Cc1c2cn[nH]c2c(CN(C)C(=O)c2ccc(-c3cccc(F)c3)c(OC(C)C)c2)c[n+]1O. The number of hydrogen-bond donors (Lipinski definition) is 2. The van der Waals surface area contributed by atoms with E-state index in [9.17, 15) is 14.4 Å². The molecule has 0 atom stereocenters. The molecule has 0 fully saturated rings. The van der Waals surface area contributed by atoms with Gasteiger partial charge in [0, 0.05) is 29.8 Å². The molecule has 0 aliphatic heterocycles. The Morgan fingerprint density at radius 3 is 2.79 bits per heavy atom. The van der Waals surface area contributed by atoms with Gasteiger partial charge in [0.1, 0.15) is 11.6 Å². The van der Waals surface area contributed by atoms with E-state index in [4.69, 9.17) is 4.74 Å². The number of hydrogen-bond acceptors (Lipinski definition) is 4. The summed E-state index contributed by atoms with van der Waals surface area (Å²) in [5.74, 6) is -0.0475. The van der Waals surface area contributed by atoms with Gasteiger partial charge in [-0.1, -0.05) is 12.1 Å². The molecule has 0 unspecified atom stereocenters. The van der Waals surface area contributed by atoms with Gasteiger partial charge >= 0.3 is 0 Å². The van der Waals surface area contributed by atoms with Gasteiger partial charge in [-0.05, 0) is 49.7 Å². The number of amides is 1. The molecular weight excluding hydrogens is 423 g/mol. The highest BCUT2D eigenvalue weighted by molar-refractivity contribution is 5.95. The maximum atomic E-state index is 13.8. The maximum Gasteiger partial charge on any atom is 0.254 e. The van der Waals surface area contributed by atoms with Crippen molar-refractivity contribution in [1.82, 2.24) is 15.1 Å². The Bertz CT molecular complexity index is 1330. The Morgan fingerprint density at radius 2 is 2.06 bits per heavy atom. The molecule has 0 bridgehead atoms. The second-order valence-electron chi connectivity index (χ2n) is 8.29. The number of ether oxygens (including phenoxy) is 1. The van der Waals surface area contributed by atoms with Gasteiger partial charge in [-0.15, -0.1) is 0 Å². The number of carbonyl (C=O) groups excluding carboxylic acids is 1. The van der Waals surface area contributed by atoms with Crippen LogP contribution in [0.2, 0.25) is 0 Å². The molecule has 2 N–H and O–H groups in total. The van der Waals surface area contributed by atoms with Crippen molar-refractivity contribution in [1.29, 1.82) is 0 Å². The van der Waals surface area contributed by atoms with Crippen LogP contribution < -0.4 is 9.47 Å². The summed E-state index contributed by atoms with van der Waals surface area (Å²) in [6.07, 6.45) is 3.09. The van der Waals surface area contributed by atoms with E-state index in [1.54, 1.807) is 61.6 Å². The Kier molecular flexibility index (Phi) is 6.00. The first kappa shape index (κ1) is 22.3. The number of fused-ring (bicyclic) bond motifs is 1. The van der Waals surface area contributed by atoms with Crippen LogP contribution >= 0.6 is 0 Å². The van der Waals surface area contributed by atoms with E-state index in [-0.39, 0.29) is 24.4 Å². The fraction of sp³-hybridized carbons (Fsp3) is 0.240. The van der Waals surface area contributed by atoms with E-state index >= 15 is 0 Å². The van der Waals surface area contributed by atoms with E-state index < -0.39 is 0 Å². The number of aromatic amines is 1. The summed E-state index contributed by atoms with van der Waals surface area (Å²) >= 11 is 0. The number of carbonyl (C=O) groups is 1. The first-order valence-corrected chi connectivity index (χ1v) is 10.6. The molecule has 2 heterocycles. The lowest BCUT2D eigenvalue weighted by Crippen LogP contribution is -2.35. The smallest absolute Gasteiger partial charge is 0.254 e. The number of H-pyrrole nitrogens is 1. The van der Waals surface area contributed by atoms with Crippen LogP contribution in [-0.2, 0) is 6.54 Å². The van der Waals surface area contributed by atoms with Crippen LogP contribution in [0, 0.1) is 12.7 Å². The van der Waals surface area contributed by atoms with E-state index in [1.165, 1.54) is 12.1 Å². The minimum absolute atomic E-state index is 0.124. The summed E-state index contributed by atoms with van der Waals surface area (Å²) < 4.78 is 20.8. The maximum absolute atomic E-state index is 13.8. The first-order chi connectivity index (χ1) is 15.7. The summed E-state index contributed by atoms with van der Waals surface area (Å²) in [4.78, 5) is 14.8. The zero-order chi connectivity index (χ0) is 23.7. The zero-order valence-electron chi connectivity index (χ0n) is 19.0. The summed E-state index contributed by atoms with van der Waals surface area (Å²) in [5, 5.41) is 18.0. The molecule has 2 aromatic carbocycles. The molecule has 0 radical (unpaired) electrons. The minimum Gasteiger partial charge on any atom is -0.490 e. The van der Waals surface area contributed by atoms with Crippen LogP contribution in [0.5, 0.6) is 5.75 Å². The van der Waals surface area contributed by atoms with Gasteiger partial charge in [-0.2, -0.15) is 5.10 Å². The molecule has 170 valence electrons. The normalized spacial score (nSPS) is 11.2. The summed E-state index contributed by atoms with van der Waals surface area (Å²) in [6.45, 7) is 5.83. The molecule has 33 heavy (non-hydrogen) atoms. The Hall–Kier alpha value is -3.94. The molecule has 8 heteroatoms. The quantitative estimate of drug-likeness (QED) is 0.340. The van der Waals surface area contributed by atoms with Crippen molar-refractivity contribution in [3.8, 4) is 16.9 Å². The van der Waals surface area contributed by atoms with E-state index in [0.717, 1.165) is 21.2 Å². The van der Waals surface area contributed by atoms with Crippen molar-refractivity contribution in [3.63, 3.8) is 0 Å². The highest BCUT2D eigenvalue weighted by Gasteiger charge is 2.21. The average Bonchev–Trinajstić information content (AvgIpc) is 3.27. The minimum atomic E-state index is -0.341. The highest BCUT2D eigenvalue weighted by Crippen LogP contribution is 2.32. The molecule has 0 aliphatic carbocycles. The van der Waals surface area contributed by atoms with Crippen LogP contribution in [0.4, 0.5) is 4.39 Å². The van der Waals surface area contributed by atoms with Gasteiger partial charge in [0.25, 0.3) is 5.91 Å². The average molecular weight is 450 g/mol. The molecule has 0 aliphatic rings. The lowest BCUT2D eigenvalue weighted by Gasteiger charge is -2.19. The molecular formula is C25H26FN4O3+. The predicted octanol–water partition coefficient (Wildman–Crippen LogP) is 4.26. The molecule has 7 nitrogen and oxygen atoms in total. The molecule has 4 aromatic rings. The number of aromatic nitrogens is 3. The fourth-order valence-corrected chi connectivity index (χ4v) is 3.81. The third-order valence-electron chi connectivity index (χ3n) is 5.45. The van der Waals surface area contributed by atoms with Crippen LogP contribution in [0.25, 0.3) is 22.0 Å². The molecule has 0 spiro atoms. The van der Waals surface area contributed by atoms with Crippen LogP contribution in [-0.4, -0.2) is 39.4 Å². The number of benzene rings is 2. The summed E-state index contributed by atoms with van der Waals surface area (Å²) in [6, 6.07) is 11.4. The van der Waals surface area contributed by atoms with Crippen molar-refractivity contribution in [2.45, 2.75) is 33.4 Å². The largest absolute Gasteiger partial charge is 0.490 e. The molecule has 2 aromatic heterocycles. The van der Waals surface area contributed by atoms with Crippen molar-refractivity contribution < 1.29 is 23.9 Å². The van der Waals surface area contributed by atoms with Gasteiger partial charge < -0.3 is 9.64 Å². The summed E-state index contributed by atoms with van der Waals surface area (Å²) in [7, 11) is 1.69. The van der Waals surface area contributed by atoms with Crippen LogP contribution in [0.15, 0.2) is 54.9 Å². The summed E-state index contributed by atoms with van der Waals surface area (Å²) in [5.41, 5.74) is 3.97. The predicted molar refractivity (Wildman–Crippen MR) is 122 cm³/mol. The topological polar surface area (TPSA) is 82.3 Å². The number of halogens is 1. The number of aryl methyl sites for hydroxylation is 1. The molecule has 4 rings (SSSR count). The van der Waals surface area contributed by atoms with Gasteiger partial charge in [0.05, 0.1) is 35.3 Å². The monoisotopic (exact) mass is 449 g/mol. The van der Waals surface area contributed by atoms with Gasteiger partial charge in [0.15, 0.2) is 0 Å². The standard InChI is InChI=1S/C25H25FN4O3/c1-15(2)33-23-11-18(8-9-21(23)17-6-5-7-20(26)10-17)25(31)29(4)13-19-14-30(32)16(3)22-12-27-28-24(19)22/h5-12,14-15,32H,13H2,1-4H3/p+1. The van der Waals surface area contributed by atoms with E-state index in [2.05, 4.69) is 10.2 Å². The Morgan fingerprint density at radius 1 is 1.27 bits per heavy atom. The van der Waals surface area contributed by atoms with E-state index in [1.807, 2.05) is 13.8 Å². The zero-order valence-corrected chi connectivity index (χ0v) is 19.0. The first-order valence-electron chi connectivity index (χ1n) is 10.6. The Labute approximate surface area is 191 Å². The number of nitrogens with one attached hydrogen (secondary N) is 1. The van der Waals surface area contributed by atoms with Crippen molar-refractivity contribution in [3.05, 3.63) is 77.5 Å². The number of rotatable bonds is 6. The highest BCUT2D eigenvalue weighted by atomic mass is 19.1. The van der Waals surface area contributed by atoms with E-state index in [0.29, 0.717) is 28.1 Å². The number of pyridine rings is 1. The molecule has 0 saturated heterocycles. The van der Waals surface area contributed by atoms with Crippen molar-refractivity contribution in [2.75, 3.05) is 7.05 Å². The molecule has 1 amide bonds. The van der Waals surface area contributed by atoms with Gasteiger partial charge in [-0.3, -0.25) is 15.1 Å². The second-order valence-corrected chi connectivity index (χ2v) is 8.29. The van der Waals surface area contributed by atoms with Crippen molar-refractivity contribution >= 4 is 16.8 Å². The van der Waals surface area contributed by atoms with Crippen LogP contribution in [0.1, 0.15) is 35.5 Å². The lowest BCUT2D eigenvalue weighted by molar-refractivity contribution is -0.908. The lowest BCUT2D eigenvalue weighted by atomic mass is 10.0. The molecule has 0 saturated carbocycles. The third kappa shape index (κ3) is 4.50. The second kappa shape index (κ2) is 8.90. The third-order valence-corrected chi connectivity index (χ3v) is 5.45. The number of nitrogens with zero attached hydrogens (tertiary/aromatic N) is 3. The Balaban J connectivity index is 1.65. The van der Waals surface area contributed by atoms with Crippen LogP contribution in [0.3, 0.4) is 0 Å². The fourth-order valence-electron chi connectivity index (χ4n) is 3.81. The van der Waals surface area contributed by atoms with Crippen molar-refractivity contribution in [2.24, 2.45) is 0 Å². The van der Waals surface area contributed by atoms with Gasteiger partial charge in [0.2, 0.25) is 11.9 Å². The van der Waals surface area contributed by atoms with Gasteiger partial charge in [-0.25, -0.2) is 4.39 Å².